The third-order valence-electron chi connectivity index (χ3n) is 6.06. The molecule has 1 saturated heterocycles. The van der Waals surface area contributed by atoms with Crippen LogP contribution in [-0.4, -0.2) is 46.9 Å². The molecule has 1 aliphatic heterocycles. The van der Waals surface area contributed by atoms with Gasteiger partial charge in [0.05, 0.1) is 6.54 Å². The van der Waals surface area contributed by atoms with E-state index in [0.29, 0.717) is 12.4 Å². The lowest BCUT2D eigenvalue weighted by molar-refractivity contribution is -0.123. The van der Waals surface area contributed by atoms with Crippen LogP contribution in [0.15, 0.2) is 18.3 Å². The second-order valence-electron chi connectivity index (χ2n) is 8.62. The van der Waals surface area contributed by atoms with Crippen molar-refractivity contribution in [3.8, 4) is 11.8 Å². The summed E-state index contributed by atoms with van der Waals surface area (Å²) in [6.07, 6.45) is 11.2. The summed E-state index contributed by atoms with van der Waals surface area (Å²) in [7, 11) is 0. The third kappa shape index (κ3) is 5.57. The predicted molar refractivity (Wildman–Crippen MR) is 112 cm³/mol. The zero-order valence-corrected chi connectivity index (χ0v) is 17.0. The standard InChI is InChI=1S/C23H30N4O2/c28-21(17-27-14-4-5-15-27)26-23(11-2-1-3-12-23)13-10-18-6-9-20(24-16-18)25-22(29)19-7-8-19/h6,9,16,19H,1-5,7-8,11-12,14-15,17H2,(H,26,28)(H,24,25,29). The molecule has 154 valence electrons. The van der Waals surface area contributed by atoms with Gasteiger partial charge in [-0.2, -0.15) is 0 Å². The largest absolute Gasteiger partial charge is 0.339 e. The van der Waals surface area contributed by atoms with Crippen LogP contribution in [0.4, 0.5) is 5.82 Å². The predicted octanol–water partition coefficient (Wildman–Crippen LogP) is 2.70. The van der Waals surface area contributed by atoms with Crippen LogP contribution in [0.25, 0.3) is 0 Å². The van der Waals surface area contributed by atoms with Gasteiger partial charge >= 0.3 is 0 Å². The number of anilines is 1. The van der Waals surface area contributed by atoms with Crippen molar-refractivity contribution in [2.24, 2.45) is 5.92 Å². The average Bonchev–Trinajstić information content (AvgIpc) is 3.46. The number of aromatic nitrogens is 1. The van der Waals surface area contributed by atoms with E-state index in [1.165, 1.54) is 19.3 Å². The van der Waals surface area contributed by atoms with Crippen LogP contribution in [0.1, 0.15) is 63.4 Å². The van der Waals surface area contributed by atoms with Gasteiger partial charge in [0.25, 0.3) is 0 Å². The van der Waals surface area contributed by atoms with Gasteiger partial charge in [-0.25, -0.2) is 4.98 Å². The highest BCUT2D eigenvalue weighted by molar-refractivity contribution is 5.93. The summed E-state index contributed by atoms with van der Waals surface area (Å²) in [5, 5.41) is 6.10. The maximum atomic E-state index is 12.6. The highest BCUT2D eigenvalue weighted by atomic mass is 16.2. The van der Waals surface area contributed by atoms with E-state index < -0.39 is 5.54 Å². The van der Waals surface area contributed by atoms with Gasteiger partial charge in [-0.15, -0.1) is 0 Å². The zero-order chi connectivity index (χ0) is 20.1. The van der Waals surface area contributed by atoms with Crippen molar-refractivity contribution >= 4 is 17.6 Å². The van der Waals surface area contributed by atoms with E-state index in [4.69, 9.17) is 0 Å². The second kappa shape index (κ2) is 8.96. The van der Waals surface area contributed by atoms with Gasteiger partial charge in [0, 0.05) is 17.7 Å². The van der Waals surface area contributed by atoms with E-state index in [0.717, 1.165) is 57.2 Å². The molecule has 6 nitrogen and oxygen atoms in total. The zero-order valence-electron chi connectivity index (χ0n) is 17.0. The van der Waals surface area contributed by atoms with Crippen molar-refractivity contribution in [2.75, 3.05) is 25.0 Å². The Hall–Kier alpha value is -2.39. The van der Waals surface area contributed by atoms with Gasteiger partial charge in [0.1, 0.15) is 11.4 Å². The van der Waals surface area contributed by atoms with E-state index in [9.17, 15) is 9.59 Å². The molecule has 1 aromatic rings. The van der Waals surface area contributed by atoms with E-state index in [-0.39, 0.29) is 17.7 Å². The third-order valence-corrected chi connectivity index (χ3v) is 6.06. The van der Waals surface area contributed by atoms with E-state index >= 15 is 0 Å². The van der Waals surface area contributed by atoms with Crippen LogP contribution >= 0.6 is 0 Å². The van der Waals surface area contributed by atoms with Gasteiger partial charge in [0.15, 0.2) is 0 Å². The molecule has 3 fully saturated rings. The van der Waals surface area contributed by atoms with E-state index in [1.54, 1.807) is 12.3 Å². The highest BCUT2D eigenvalue weighted by Crippen LogP contribution is 2.30. The van der Waals surface area contributed by atoms with Crippen molar-refractivity contribution in [1.82, 2.24) is 15.2 Å². The molecule has 0 unspecified atom stereocenters. The molecule has 2 N–H and O–H groups in total. The summed E-state index contributed by atoms with van der Waals surface area (Å²) >= 11 is 0. The molecule has 0 aromatic carbocycles. The Labute approximate surface area is 172 Å². The molecule has 0 radical (unpaired) electrons. The first-order chi connectivity index (χ1) is 14.1. The Morgan fingerprint density at radius 1 is 1.10 bits per heavy atom. The molecule has 2 aliphatic carbocycles. The number of carbonyl (C=O) groups excluding carboxylic acids is 2. The molecule has 4 rings (SSSR count). The summed E-state index contributed by atoms with van der Waals surface area (Å²) in [5.41, 5.74) is 0.363. The number of likely N-dealkylation sites (tertiary alicyclic amines) is 1. The van der Waals surface area contributed by atoms with Crippen LogP contribution in [0.2, 0.25) is 0 Å². The minimum atomic E-state index is -0.437. The number of hydrogen-bond acceptors (Lipinski definition) is 4. The number of carbonyl (C=O) groups is 2. The SMILES string of the molecule is O=C(CN1CCCC1)NC1(C#Cc2ccc(NC(=O)C3CC3)nc2)CCCCC1. The molecule has 1 aromatic heterocycles. The van der Waals surface area contributed by atoms with E-state index in [1.807, 2.05) is 6.07 Å². The summed E-state index contributed by atoms with van der Waals surface area (Å²) in [4.78, 5) is 31.0. The number of pyridine rings is 1. The van der Waals surface area contributed by atoms with Crippen molar-refractivity contribution in [3.63, 3.8) is 0 Å². The van der Waals surface area contributed by atoms with Gasteiger partial charge in [0.2, 0.25) is 11.8 Å². The average molecular weight is 395 g/mol. The number of rotatable bonds is 5. The van der Waals surface area contributed by atoms with Crippen molar-refractivity contribution in [3.05, 3.63) is 23.9 Å². The number of nitrogens with zero attached hydrogens (tertiary/aromatic N) is 2. The number of amides is 2. The molecule has 29 heavy (non-hydrogen) atoms. The molecule has 6 heteroatoms. The highest BCUT2D eigenvalue weighted by Gasteiger charge is 2.32. The molecule has 2 amide bonds. The lowest BCUT2D eigenvalue weighted by Gasteiger charge is -2.34. The maximum Gasteiger partial charge on any atom is 0.235 e. The number of hydrogen-bond donors (Lipinski definition) is 2. The Morgan fingerprint density at radius 2 is 1.86 bits per heavy atom. The lowest BCUT2D eigenvalue weighted by Crippen LogP contribution is -2.51. The first-order valence-electron chi connectivity index (χ1n) is 11.0. The minimum Gasteiger partial charge on any atom is -0.339 e. The van der Waals surface area contributed by atoms with Crippen LogP contribution in [-0.2, 0) is 9.59 Å². The Morgan fingerprint density at radius 3 is 2.52 bits per heavy atom. The van der Waals surface area contributed by atoms with Crippen molar-refractivity contribution < 1.29 is 9.59 Å². The Kier molecular flexibility index (Phi) is 6.15. The van der Waals surface area contributed by atoms with Crippen LogP contribution in [0.5, 0.6) is 0 Å². The second-order valence-corrected chi connectivity index (χ2v) is 8.62. The van der Waals surface area contributed by atoms with Crippen LogP contribution < -0.4 is 10.6 Å². The molecule has 2 heterocycles. The quantitative estimate of drug-likeness (QED) is 0.753. The fourth-order valence-corrected chi connectivity index (χ4v) is 4.19. The van der Waals surface area contributed by atoms with Gasteiger partial charge in [-0.1, -0.05) is 31.1 Å². The molecule has 0 spiro atoms. The van der Waals surface area contributed by atoms with Crippen LogP contribution in [0.3, 0.4) is 0 Å². The minimum absolute atomic E-state index is 0.0539. The van der Waals surface area contributed by atoms with Gasteiger partial charge in [-0.05, 0) is 63.7 Å². The lowest BCUT2D eigenvalue weighted by atomic mass is 9.82. The summed E-state index contributed by atoms with van der Waals surface area (Å²) in [5.74, 6) is 7.45. The van der Waals surface area contributed by atoms with Crippen molar-refractivity contribution in [2.45, 2.75) is 63.3 Å². The molecule has 0 atom stereocenters. The summed E-state index contributed by atoms with van der Waals surface area (Å²) in [6.45, 7) is 2.50. The summed E-state index contributed by atoms with van der Waals surface area (Å²) in [6, 6.07) is 3.68. The molecular weight excluding hydrogens is 364 g/mol. The monoisotopic (exact) mass is 394 g/mol. The summed E-state index contributed by atoms with van der Waals surface area (Å²) < 4.78 is 0. The smallest absolute Gasteiger partial charge is 0.235 e. The maximum absolute atomic E-state index is 12.6. The Balaban J connectivity index is 1.40. The molecule has 3 aliphatic rings. The topological polar surface area (TPSA) is 74.3 Å². The van der Waals surface area contributed by atoms with Crippen molar-refractivity contribution in [1.29, 1.82) is 0 Å². The molecule has 2 saturated carbocycles. The molecular formula is C23H30N4O2. The first kappa shape index (κ1) is 19.9. The van der Waals surface area contributed by atoms with Gasteiger partial charge in [-0.3, -0.25) is 14.5 Å². The van der Waals surface area contributed by atoms with Gasteiger partial charge < -0.3 is 10.6 Å². The molecule has 0 bridgehead atoms. The normalized spacial score (nSPS) is 21.1. The fourth-order valence-electron chi connectivity index (χ4n) is 4.19. The fraction of sp³-hybridized carbons (Fsp3) is 0.609. The van der Waals surface area contributed by atoms with E-state index in [2.05, 4.69) is 32.4 Å². The van der Waals surface area contributed by atoms with Crippen LogP contribution in [0, 0.1) is 17.8 Å². The Bertz CT molecular complexity index is 792. The first-order valence-corrected chi connectivity index (χ1v) is 11.0. The number of nitrogens with one attached hydrogen (secondary N) is 2.